The highest BCUT2D eigenvalue weighted by Gasteiger charge is 2.50. The number of ether oxygens (including phenoxy) is 5. The Kier molecular flexibility index (Phi) is 48.7. The van der Waals surface area contributed by atoms with E-state index in [0.717, 1.165) is 135 Å². The second kappa shape index (κ2) is 53.5. The maximum atomic E-state index is 13.1. The molecule has 1 aliphatic heterocycles. The van der Waals surface area contributed by atoms with E-state index in [2.05, 4.69) is 136 Å². The summed E-state index contributed by atoms with van der Waals surface area (Å²) in [6.07, 6.45) is 62.9. The third kappa shape index (κ3) is 43.4. The van der Waals surface area contributed by atoms with Crippen LogP contribution in [-0.2, 0) is 42.9 Å². The van der Waals surface area contributed by atoms with Crippen molar-refractivity contribution in [1.29, 1.82) is 0 Å². The molecule has 0 aromatic carbocycles. The summed E-state index contributed by atoms with van der Waals surface area (Å²) in [7, 11) is 0. The van der Waals surface area contributed by atoms with E-state index in [4.69, 9.17) is 23.7 Å². The van der Waals surface area contributed by atoms with E-state index in [1.54, 1.807) is 0 Å². The Morgan fingerprint density at radius 2 is 0.823 bits per heavy atom. The monoisotopic (exact) mass is 1100 g/mol. The fourth-order valence-corrected chi connectivity index (χ4v) is 8.13. The molecule has 1 saturated heterocycles. The standard InChI is InChI=1S/C67H104O12/c1-4-7-10-13-16-19-22-24-26-28-30-32-34-36-39-41-44-47-50-53-59(68)75-56-58(77-60(69)54-51-48-45-42-38-21-18-15-12-9-6-3)57-76-67-65(63(72)62(71)64(79-67)66(73)74)78-61(70)55-52-49-46-43-40-37-35-33-31-29-27-25-23-20-17-14-11-8-5-2/h7-8,10-11,15-20,24-27,30-33,37,40,46,49,58,62-65,67,71-72H,4-6,9,12-14,21-23,28-29,34-36,38-39,41-45,47-48,50-57H2,1-3H3,(H,73,74)/b10-7-,11-8-,18-15-,19-16-,20-17-,26-24-,27-25-,32-30-,33-31-,40-37-,49-46-. The molecule has 1 fully saturated rings. The van der Waals surface area contributed by atoms with E-state index in [1.165, 1.54) is 12.8 Å². The third-order valence-electron chi connectivity index (χ3n) is 12.7. The first-order valence-corrected chi connectivity index (χ1v) is 30.2. The average molecular weight is 1100 g/mol. The van der Waals surface area contributed by atoms with Crippen molar-refractivity contribution < 1.29 is 58.2 Å². The average Bonchev–Trinajstić information content (AvgIpc) is 3.43. The Morgan fingerprint density at radius 1 is 0.430 bits per heavy atom. The highest BCUT2D eigenvalue weighted by molar-refractivity contribution is 5.74. The lowest BCUT2D eigenvalue weighted by molar-refractivity contribution is -0.301. The molecule has 0 bridgehead atoms. The molecule has 0 aliphatic carbocycles. The summed E-state index contributed by atoms with van der Waals surface area (Å²) in [5.41, 5.74) is 0. The smallest absolute Gasteiger partial charge is 0.335 e. The number of aliphatic hydroxyl groups is 2. The summed E-state index contributed by atoms with van der Waals surface area (Å²) in [5, 5.41) is 31.5. The normalized spacial score (nSPS) is 18.8. The van der Waals surface area contributed by atoms with Gasteiger partial charge in [-0.3, -0.25) is 14.4 Å². The van der Waals surface area contributed by atoms with Gasteiger partial charge in [0.25, 0.3) is 0 Å². The lowest BCUT2D eigenvalue weighted by Gasteiger charge is -2.40. The van der Waals surface area contributed by atoms with E-state index in [1.807, 2.05) is 18.2 Å². The van der Waals surface area contributed by atoms with Crippen LogP contribution >= 0.6 is 0 Å². The number of hydrogen-bond acceptors (Lipinski definition) is 11. The summed E-state index contributed by atoms with van der Waals surface area (Å²) in [4.78, 5) is 51.1. The molecule has 0 saturated carbocycles. The van der Waals surface area contributed by atoms with Gasteiger partial charge in [-0.1, -0.05) is 212 Å². The van der Waals surface area contributed by atoms with Crippen molar-refractivity contribution in [3.8, 4) is 0 Å². The Balaban J connectivity index is 2.72. The van der Waals surface area contributed by atoms with Crippen LogP contribution in [-0.4, -0.2) is 89.2 Å². The highest BCUT2D eigenvalue weighted by atomic mass is 16.7. The van der Waals surface area contributed by atoms with Gasteiger partial charge < -0.3 is 39.0 Å². The van der Waals surface area contributed by atoms with Gasteiger partial charge in [0, 0.05) is 19.3 Å². The molecule has 444 valence electrons. The molecule has 6 atom stereocenters. The van der Waals surface area contributed by atoms with E-state index in [-0.39, 0.29) is 25.9 Å². The van der Waals surface area contributed by atoms with Gasteiger partial charge in [-0.05, 0) is 116 Å². The molecular formula is C67H104O12. The molecule has 1 heterocycles. The molecule has 0 radical (unpaired) electrons. The first-order chi connectivity index (χ1) is 38.6. The second-order valence-electron chi connectivity index (χ2n) is 19.9. The summed E-state index contributed by atoms with van der Waals surface area (Å²) in [5.74, 6) is -3.28. The Morgan fingerprint density at radius 3 is 1.28 bits per heavy atom. The molecule has 0 aromatic rings. The van der Waals surface area contributed by atoms with Crippen LogP contribution in [0.2, 0.25) is 0 Å². The predicted molar refractivity (Wildman–Crippen MR) is 321 cm³/mol. The van der Waals surface area contributed by atoms with Gasteiger partial charge in [-0.15, -0.1) is 0 Å². The summed E-state index contributed by atoms with van der Waals surface area (Å²) in [6, 6.07) is 0. The Bertz CT molecular complexity index is 1880. The van der Waals surface area contributed by atoms with E-state index < -0.39 is 67.3 Å². The van der Waals surface area contributed by atoms with Gasteiger partial charge in [0.05, 0.1) is 6.61 Å². The first-order valence-electron chi connectivity index (χ1n) is 30.2. The quantitative estimate of drug-likeness (QED) is 0.0228. The molecule has 1 rings (SSSR count). The minimum Gasteiger partial charge on any atom is -0.479 e. The summed E-state index contributed by atoms with van der Waals surface area (Å²) in [6.45, 7) is 5.66. The van der Waals surface area contributed by atoms with Crippen LogP contribution in [0.5, 0.6) is 0 Å². The van der Waals surface area contributed by atoms with Crippen molar-refractivity contribution in [2.75, 3.05) is 13.2 Å². The van der Waals surface area contributed by atoms with Crippen molar-refractivity contribution in [3.05, 3.63) is 134 Å². The number of aliphatic hydroxyl groups excluding tert-OH is 2. The van der Waals surface area contributed by atoms with Crippen LogP contribution in [0.3, 0.4) is 0 Å². The number of carbonyl (C=O) groups excluding carboxylic acids is 3. The van der Waals surface area contributed by atoms with Crippen molar-refractivity contribution in [2.45, 2.75) is 250 Å². The number of hydrogen-bond donors (Lipinski definition) is 3. The van der Waals surface area contributed by atoms with Gasteiger partial charge in [-0.25, -0.2) is 4.79 Å². The number of rotatable bonds is 49. The molecule has 0 aromatic heterocycles. The summed E-state index contributed by atoms with van der Waals surface area (Å²) >= 11 is 0. The maximum Gasteiger partial charge on any atom is 0.335 e. The molecular weight excluding hydrogens is 997 g/mol. The zero-order chi connectivity index (χ0) is 57.5. The fourth-order valence-electron chi connectivity index (χ4n) is 8.13. The first kappa shape index (κ1) is 71.9. The van der Waals surface area contributed by atoms with Crippen LogP contribution in [0.15, 0.2) is 134 Å². The lowest BCUT2D eigenvalue weighted by atomic mass is 9.98. The number of allylic oxidation sites excluding steroid dienone is 22. The van der Waals surface area contributed by atoms with Crippen molar-refractivity contribution in [1.82, 2.24) is 0 Å². The minimum absolute atomic E-state index is 0.0739. The molecule has 0 amide bonds. The largest absolute Gasteiger partial charge is 0.479 e. The number of unbranched alkanes of at least 4 members (excludes halogenated alkanes) is 13. The molecule has 79 heavy (non-hydrogen) atoms. The zero-order valence-corrected chi connectivity index (χ0v) is 48.8. The zero-order valence-electron chi connectivity index (χ0n) is 48.8. The van der Waals surface area contributed by atoms with Gasteiger partial charge >= 0.3 is 23.9 Å². The predicted octanol–water partition coefficient (Wildman–Crippen LogP) is 15.8. The number of carboxylic acid groups (broad SMARTS) is 1. The Hall–Kier alpha value is -5.14. The van der Waals surface area contributed by atoms with Gasteiger partial charge in [0.15, 0.2) is 24.6 Å². The van der Waals surface area contributed by atoms with E-state index in [0.29, 0.717) is 25.7 Å². The SMILES string of the molecule is CC/C=C\C/C=C\C/C=C\C/C=C\C/C=C\C/C=C\CCC(=O)OC1C(OCC(COC(=O)CCCCCCCC/C=C\C/C=C\C/C=C\C/C=C\CC)OC(=O)CCCCCCC/C=C\CCCC)OC(C(=O)O)C(O)C1O. The molecule has 0 spiro atoms. The van der Waals surface area contributed by atoms with Gasteiger partial charge in [-0.2, -0.15) is 0 Å². The van der Waals surface area contributed by atoms with Gasteiger partial charge in [0.1, 0.15) is 18.8 Å². The van der Waals surface area contributed by atoms with Crippen LogP contribution < -0.4 is 0 Å². The number of carbonyl (C=O) groups is 4. The molecule has 3 N–H and O–H groups in total. The molecule has 1 aliphatic rings. The summed E-state index contributed by atoms with van der Waals surface area (Å²) < 4.78 is 28.3. The van der Waals surface area contributed by atoms with Crippen LogP contribution in [0.4, 0.5) is 0 Å². The third-order valence-corrected chi connectivity index (χ3v) is 12.7. The van der Waals surface area contributed by atoms with E-state index >= 15 is 0 Å². The minimum atomic E-state index is -1.94. The molecule has 12 nitrogen and oxygen atoms in total. The van der Waals surface area contributed by atoms with Crippen molar-refractivity contribution in [2.24, 2.45) is 0 Å². The van der Waals surface area contributed by atoms with Crippen molar-refractivity contribution >= 4 is 23.9 Å². The lowest BCUT2D eigenvalue weighted by Crippen LogP contribution is -2.61. The number of aliphatic carboxylic acids is 1. The van der Waals surface area contributed by atoms with Crippen LogP contribution in [0, 0.1) is 0 Å². The number of esters is 3. The second-order valence-corrected chi connectivity index (χ2v) is 19.9. The van der Waals surface area contributed by atoms with Crippen LogP contribution in [0.25, 0.3) is 0 Å². The number of carboxylic acids is 1. The van der Waals surface area contributed by atoms with Gasteiger partial charge in [0.2, 0.25) is 0 Å². The van der Waals surface area contributed by atoms with Crippen molar-refractivity contribution in [3.63, 3.8) is 0 Å². The highest BCUT2D eigenvalue weighted by Crippen LogP contribution is 2.26. The van der Waals surface area contributed by atoms with E-state index in [9.17, 15) is 34.5 Å². The molecule has 6 unspecified atom stereocenters. The molecule has 12 heteroatoms. The Labute approximate surface area is 477 Å². The van der Waals surface area contributed by atoms with Crippen LogP contribution in [0.1, 0.15) is 213 Å². The fraction of sp³-hybridized carbons (Fsp3) is 0.612. The maximum absolute atomic E-state index is 13.1. The topological polar surface area (TPSA) is 175 Å².